The predicted octanol–water partition coefficient (Wildman–Crippen LogP) is 1.89. The first kappa shape index (κ1) is 18.2. The second-order valence-electron chi connectivity index (χ2n) is 6.33. The highest BCUT2D eigenvalue weighted by molar-refractivity contribution is 7.09. The van der Waals surface area contributed by atoms with Crippen LogP contribution in [0.4, 0.5) is 5.69 Å². The van der Waals surface area contributed by atoms with Crippen molar-refractivity contribution in [2.24, 2.45) is 5.73 Å². The largest absolute Gasteiger partial charge is 0.497 e. The Balaban J connectivity index is 1.58. The summed E-state index contributed by atoms with van der Waals surface area (Å²) in [6.45, 7) is 1.45. The molecule has 0 aliphatic carbocycles. The summed E-state index contributed by atoms with van der Waals surface area (Å²) >= 11 is 1.61. The quantitative estimate of drug-likeness (QED) is 0.810. The number of ether oxygens (including phenoxy) is 1. The van der Waals surface area contributed by atoms with Crippen molar-refractivity contribution in [1.82, 2.24) is 5.32 Å². The van der Waals surface area contributed by atoms with Crippen LogP contribution < -0.4 is 20.7 Å². The summed E-state index contributed by atoms with van der Waals surface area (Å²) in [5, 5.41) is 14.4. The van der Waals surface area contributed by atoms with Gasteiger partial charge in [-0.25, -0.2) is 0 Å². The number of thiophene rings is 1. The topological polar surface area (TPSA) is 91.4 Å². The van der Waals surface area contributed by atoms with Crippen molar-refractivity contribution in [3.8, 4) is 11.8 Å². The van der Waals surface area contributed by atoms with Crippen molar-refractivity contribution >= 4 is 22.9 Å². The number of benzene rings is 1. The summed E-state index contributed by atoms with van der Waals surface area (Å²) in [4.78, 5) is 15.6. The van der Waals surface area contributed by atoms with Crippen LogP contribution in [-0.2, 0) is 11.2 Å². The smallest absolute Gasteiger partial charge is 0.237 e. The maximum atomic E-state index is 12.4. The molecule has 3 rings (SSSR count). The Kier molecular flexibility index (Phi) is 5.76. The van der Waals surface area contributed by atoms with Crippen molar-refractivity contribution < 1.29 is 9.53 Å². The zero-order chi connectivity index (χ0) is 18.5. The zero-order valence-electron chi connectivity index (χ0n) is 14.6. The maximum absolute atomic E-state index is 12.4. The van der Waals surface area contributed by atoms with Crippen LogP contribution >= 0.6 is 11.3 Å². The normalized spacial score (nSPS) is 17.6. The molecule has 2 atom stereocenters. The van der Waals surface area contributed by atoms with Gasteiger partial charge >= 0.3 is 0 Å². The summed E-state index contributed by atoms with van der Waals surface area (Å²) < 4.78 is 5.18. The third kappa shape index (κ3) is 4.15. The van der Waals surface area contributed by atoms with Gasteiger partial charge in [0.2, 0.25) is 5.91 Å². The van der Waals surface area contributed by atoms with Gasteiger partial charge in [-0.3, -0.25) is 4.79 Å². The molecule has 1 aromatic carbocycles. The lowest BCUT2D eigenvalue weighted by molar-refractivity contribution is -0.122. The Morgan fingerprint density at radius 3 is 3.08 bits per heavy atom. The van der Waals surface area contributed by atoms with E-state index in [-0.39, 0.29) is 11.9 Å². The lowest BCUT2D eigenvalue weighted by atomic mass is 10.1. The van der Waals surface area contributed by atoms with Crippen LogP contribution in [0.5, 0.6) is 5.75 Å². The van der Waals surface area contributed by atoms with E-state index in [4.69, 9.17) is 10.5 Å². The summed E-state index contributed by atoms with van der Waals surface area (Å²) in [7, 11) is 1.58. The van der Waals surface area contributed by atoms with Gasteiger partial charge < -0.3 is 20.7 Å². The highest BCUT2D eigenvalue weighted by atomic mass is 32.1. The van der Waals surface area contributed by atoms with Gasteiger partial charge in [-0.2, -0.15) is 5.26 Å². The fraction of sp³-hybridized carbons (Fsp3) is 0.368. The molecule has 6 nitrogen and oxygen atoms in total. The number of nitrogens with two attached hydrogens (primary N) is 1. The van der Waals surface area contributed by atoms with Crippen molar-refractivity contribution in [2.75, 3.05) is 25.1 Å². The molecule has 1 aromatic heterocycles. The molecule has 2 aromatic rings. The third-order valence-electron chi connectivity index (χ3n) is 4.54. The van der Waals surface area contributed by atoms with Crippen molar-refractivity contribution in [2.45, 2.75) is 24.9 Å². The molecule has 0 bridgehead atoms. The van der Waals surface area contributed by atoms with E-state index in [2.05, 4.69) is 16.3 Å². The first-order valence-electron chi connectivity index (χ1n) is 8.52. The average molecular weight is 370 g/mol. The van der Waals surface area contributed by atoms with Crippen molar-refractivity contribution in [3.63, 3.8) is 0 Å². The van der Waals surface area contributed by atoms with E-state index in [0.717, 1.165) is 23.5 Å². The Labute approximate surface area is 157 Å². The Bertz CT molecular complexity index is 800. The van der Waals surface area contributed by atoms with Gasteiger partial charge in [-0.1, -0.05) is 6.07 Å². The average Bonchev–Trinajstić information content (AvgIpc) is 3.33. The summed E-state index contributed by atoms with van der Waals surface area (Å²) in [5.74, 6) is 0.536. The second kappa shape index (κ2) is 8.21. The molecule has 0 radical (unpaired) electrons. The second-order valence-corrected chi connectivity index (χ2v) is 7.36. The number of rotatable bonds is 6. The minimum absolute atomic E-state index is 0.0329. The van der Waals surface area contributed by atoms with E-state index in [1.165, 1.54) is 0 Å². The number of anilines is 1. The number of nitrogens with one attached hydrogen (secondary N) is 1. The molecule has 26 heavy (non-hydrogen) atoms. The lowest BCUT2D eigenvalue weighted by Gasteiger charge is -2.21. The van der Waals surface area contributed by atoms with Crippen LogP contribution in [0.25, 0.3) is 0 Å². The van der Waals surface area contributed by atoms with E-state index >= 15 is 0 Å². The molecule has 2 unspecified atom stereocenters. The Morgan fingerprint density at radius 2 is 2.38 bits per heavy atom. The monoisotopic (exact) mass is 370 g/mol. The van der Waals surface area contributed by atoms with Crippen molar-refractivity contribution in [3.05, 3.63) is 46.2 Å². The molecular formula is C19H22N4O2S. The van der Waals surface area contributed by atoms with Gasteiger partial charge in [0.05, 0.1) is 24.4 Å². The number of amides is 1. The minimum atomic E-state index is -0.543. The number of hydrogen-bond acceptors (Lipinski definition) is 6. The molecule has 0 spiro atoms. The van der Waals surface area contributed by atoms with Gasteiger partial charge in [0.15, 0.2) is 0 Å². The van der Waals surface area contributed by atoms with Crippen LogP contribution in [0.3, 0.4) is 0 Å². The predicted molar refractivity (Wildman–Crippen MR) is 102 cm³/mol. The third-order valence-corrected chi connectivity index (χ3v) is 5.44. The first-order chi connectivity index (χ1) is 12.6. The Morgan fingerprint density at radius 1 is 1.54 bits per heavy atom. The van der Waals surface area contributed by atoms with E-state index in [1.54, 1.807) is 24.5 Å². The first-order valence-corrected chi connectivity index (χ1v) is 9.40. The standard InChI is InChI=1S/C19H22N4O2S/c1-25-15-4-5-18(13(9-15)11-20)23-7-6-14(12-23)22-19(24)17(21)10-16-3-2-8-26-16/h2-5,8-9,14,17H,6-7,10,12,21H2,1H3,(H,22,24). The van der Waals surface area contributed by atoms with Crippen LogP contribution in [0, 0.1) is 11.3 Å². The molecule has 1 aliphatic rings. The van der Waals surface area contributed by atoms with E-state index < -0.39 is 6.04 Å². The molecular weight excluding hydrogens is 348 g/mol. The highest BCUT2D eigenvalue weighted by Crippen LogP contribution is 2.27. The van der Waals surface area contributed by atoms with Gasteiger partial charge in [-0.05, 0) is 36.1 Å². The lowest BCUT2D eigenvalue weighted by Crippen LogP contribution is -2.47. The number of carbonyl (C=O) groups is 1. The molecule has 7 heteroatoms. The molecule has 136 valence electrons. The number of methoxy groups -OCH3 is 1. The maximum Gasteiger partial charge on any atom is 0.237 e. The van der Waals surface area contributed by atoms with E-state index in [9.17, 15) is 10.1 Å². The highest BCUT2D eigenvalue weighted by Gasteiger charge is 2.27. The minimum Gasteiger partial charge on any atom is -0.497 e. The number of nitriles is 1. The number of nitrogens with zero attached hydrogens (tertiary/aromatic N) is 2. The van der Waals surface area contributed by atoms with Gasteiger partial charge in [0, 0.05) is 30.4 Å². The van der Waals surface area contributed by atoms with Gasteiger partial charge in [0.1, 0.15) is 11.8 Å². The van der Waals surface area contributed by atoms with Crippen LogP contribution in [0.1, 0.15) is 16.9 Å². The summed E-state index contributed by atoms with van der Waals surface area (Å²) in [5.41, 5.74) is 7.48. The fourth-order valence-electron chi connectivity index (χ4n) is 3.15. The molecule has 1 aliphatic heterocycles. The van der Waals surface area contributed by atoms with Gasteiger partial charge in [-0.15, -0.1) is 11.3 Å². The van der Waals surface area contributed by atoms with E-state index in [1.807, 2.05) is 29.6 Å². The zero-order valence-corrected chi connectivity index (χ0v) is 15.5. The molecule has 3 N–H and O–H groups in total. The van der Waals surface area contributed by atoms with Crippen molar-refractivity contribution in [1.29, 1.82) is 5.26 Å². The molecule has 1 amide bonds. The van der Waals surface area contributed by atoms with Crippen LogP contribution in [0.15, 0.2) is 35.7 Å². The van der Waals surface area contributed by atoms with E-state index in [0.29, 0.717) is 24.3 Å². The Hall–Kier alpha value is -2.56. The fourth-order valence-corrected chi connectivity index (χ4v) is 3.92. The molecule has 1 saturated heterocycles. The van der Waals surface area contributed by atoms with Crippen LogP contribution in [0.2, 0.25) is 0 Å². The molecule has 2 heterocycles. The molecule has 1 fully saturated rings. The van der Waals surface area contributed by atoms with Crippen LogP contribution in [-0.4, -0.2) is 38.2 Å². The van der Waals surface area contributed by atoms with Gasteiger partial charge in [0.25, 0.3) is 0 Å². The summed E-state index contributed by atoms with van der Waals surface area (Å²) in [6.07, 6.45) is 1.38. The number of hydrogen-bond donors (Lipinski definition) is 2. The molecule has 0 saturated carbocycles. The SMILES string of the molecule is COc1ccc(N2CCC(NC(=O)C(N)Cc3cccs3)C2)c(C#N)c1. The summed E-state index contributed by atoms with van der Waals surface area (Å²) in [6, 6.07) is 11.1. The number of carbonyl (C=O) groups excluding carboxylic acids is 1.